The van der Waals surface area contributed by atoms with Crippen LogP contribution >= 0.6 is 15.9 Å². The number of carbonyl (C=O) groups excluding carboxylic acids is 2. The molecule has 0 saturated carbocycles. The van der Waals surface area contributed by atoms with Crippen molar-refractivity contribution in [2.45, 2.75) is 6.92 Å². The summed E-state index contributed by atoms with van der Waals surface area (Å²) in [6.45, 7) is 1.84. The van der Waals surface area contributed by atoms with Gasteiger partial charge in [-0.05, 0) is 25.1 Å². The first kappa shape index (κ1) is 12.9. The lowest BCUT2D eigenvalue weighted by molar-refractivity contribution is -0.117. The molecule has 0 spiro atoms. The molecule has 1 aromatic carbocycles. The first-order chi connectivity index (χ1) is 9.54. The summed E-state index contributed by atoms with van der Waals surface area (Å²) in [5.74, 6) is -0.315. The zero-order valence-corrected chi connectivity index (χ0v) is 12.1. The lowest BCUT2D eigenvalue weighted by atomic mass is 10.1. The molecule has 0 saturated heterocycles. The molecule has 1 aromatic heterocycles. The summed E-state index contributed by atoms with van der Waals surface area (Å²) in [4.78, 5) is 27.0. The Kier molecular flexibility index (Phi) is 3.06. The Hall–Kier alpha value is -2.15. The number of benzene rings is 1. The van der Waals surface area contributed by atoms with Crippen LogP contribution in [0.4, 0.5) is 0 Å². The molecule has 2 heterocycles. The van der Waals surface area contributed by atoms with Crippen LogP contribution in [0.3, 0.4) is 0 Å². The highest BCUT2D eigenvalue weighted by atomic mass is 79.9. The van der Waals surface area contributed by atoms with E-state index in [1.54, 1.807) is 6.07 Å². The van der Waals surface area contributed by atoms with Gasteiger partial charge >= 0.3 is 0 Å². The molecule has 1 aliphatic heterocycles. The Morgan fingerprint density at radius 1 is 1.50 bits per heavy atom. The number of guanidine groups is 1. The quantitative estimate of drug-likeness (QED) is 0.832. The molecule has 7 heteroatoms. The molecule has 0 bridgehead atoms. The van der Waals surface area contributed by atoms with Crippen molar-refractivity contribution in [3.63, 3.8) is 0 Å². The molecule has 2 amide bonds. The van der Waals surface area contributed by atoms with Crippen molar-refractivity contribution in [3.05, 3.63) is 34.0 Å². The maximum absolute atomic E-state index is 12.1. The number of nitrogens with zero attached hydrogens (tertiary/aromatic N) is 1. The SMILES string of the molecule is Cc1c(C(=O)NC2=NCC(=O)N2)oc2ccc(Br)cc12. The standard InChI is InChI=1S/C13H10BrN3O3/c1-6-8-4-7(14)2-3-9(8)20-11(6)12(19)17-13-15-5-10(18)16-13/h2-4H,5H2,1H3,(H2,15,16,17,18,19). The number of hydrogen-bond donors (Lipinski definition) is 2. The summed E-state index contributed by atoms with van der Waals surface area (Å²) in [6, 6.07) is 5.52. The number of hydrogen-bond acceptors (Lipinski definition) is 4. The highest BCUT2D eigenvalue weighted by Gasteiger charge is 2.21. The second-order valence-electron chi connectivity index (χ2n) is 4.36. The summed E-state index contributed by atoms with van der Waals surface area (Å²) in [7, 11) is 0. The molecule has 1 aliphatic rings. The number of aliphatic imine (C=N–C) groups is 1. The van der Waals surface area contributed by atoms with E-state index in [9.17, 15) is 9.59 Å². The normalized spacial score (nSPS) is 14.3. The average Bonchev–Trinajstić information content (AvgIpc) is 2.94. The topological polar surface area (TPSA) is 83.7 Å². The predicted octanol–water partition coefficient (Wildman–Crippen LogP) is 1.72. The number of amides is 2. The van der Waals surface area contributed by atoms with Crippen LogP contribution in [0, 0.1) is 6.92 Å². The highest BCUT2D eigenvalue weighted by Crippen LogP contribution is 2.27. The minimum Gasteiger partial charge on any atom is -0.451 e. The van der Waals surface area contributed by atoms with Gasteiger partial charge in [-0.15, -0.1) is 0 Å². The molecule has 2 aromatic rings. The molecule has 102 valence electrons. The third-order valence-corrected chi connectivity index (χ3v) is 3.47. The summed E-state index contributed by atoms with van der Waals surface area (Å²) in [5.41, 5.74) is 1.37. The third-order valence-electron chi connectivity index (χ3n) is 2.97. The largest absolute Gasteiger partial charge is 0.451 e. The minimum absolute atomic E-state index is 0.0294. The fourth-order valence-corrected chi connectivity index (χ4v) is 2.37. The Balaban J connectivity index is 1.92. The zero-order valence-electron chi connectivity index (χ0n) is 10.5. The van der Waals surface area contributed by atoms with E-state index in [-0.39, 0.29) is 24.2 Å². The van der Waals surface area contributed by atoms with Gasteiger partial charge in [0.2, 0.25) is 11.9 Å². The summed E-state index contributed by atoms with van der Waals surface area (Å²) in [6.07, 6.45) is 0. The fourth-order valence-electron chi connectivity index (χ4n) is 2.01. The van der Waals surface area contributed by atoms with Crippen molar-refractivity contribution in [1.29, 1.82) is 0 Å². The fraction of sp³-hybridized carbons (Fsp3) is 0.154. The average molecular weight is 336 g/mol. The minimum atomic E-state index is -0.434. The van der Waals surface area contributed by atoms with Gasteiger partial charge < -0.3 is 4.42 Å². The van der Waals surface area contributed by atoms with Gasteiger partial charge in [-0.2, -0.15) is 0 Å². The lowest BCUT2D eigenvalue weighted by Gasteiger charge is -2.02. The number of carbonyl (C=O) groups is 2. The van der Waals surface area contributed by atoms with Gasteiger partial charge in [-0.3, -0.25) is 20.2 Å². The van der Waals surface area contributed by atoms with Gasteiger partial charge in [0.1, 0.15) is 12.1 Å². The Labute approximate surface area is 122 Å². The van der Waals surface area contributed by atoms with Crippen LogP contribution in [-0.2, 0) is 4.79 Å². The Bertz CT molecular complexity index is 764. The molecular weight excluding hydrogens is 326 g/mol. The summed E-state index contributed by atoms with van der Waals surface area (Å²) >= 11 is 3.38. The molecule has 6 nitrogen and oxygen atoms in total. The van der Waals surface area contributed by atoms with Crippen LogP contribution in [0.2, 0.25) is 0 Å². The van der Waals surface area contributed by atoms with E-state index in [1.807, 2.05) is 19.1 Å². The van der Waals surface area contributed by atoms with Gasteiger partial charge in [0.15, 0.2) is 5.76 Å². The van der Waals surface area contributed by atoms with E-state index < -0.39 is 5.91 Å². The van der Waals surface area contributed by atoms with Gasteiger partial charge in [-0.1, -0.05) is 15.9 Å². The van der Waals surface area contributed by atoms with Crippen molar-refractivity contribution in [2.24, 2.45) is 4.99 Å². The van der Waals surface area contributed by atoms with E-state index >= 15 is 0 Å². The number of furan rings is 1. The molecule has 0 radical (unpaired) electrons. The second kappa shape index (κ2) is 4.75. The first-order valence-corrected chi connectivity index (χ1v) is 6.68. The molecule has 20 heavy (non-hydrogen) atoms. The van der Waals surface area contributed by atoms with Crippen molar-refractivity contribution in [3.8, 4) is 0 Å². The first-order valence-electron chi connectivity index (χ1n) is 5.89. The third kappa shape index (κ3) is 2.20. The van der Waals surface area contributed by atoms with E-state index in [0.717, 1.165) is 15.4 Å². The van der Waals surface area contributed by atoms with E-state index in [2.05, 4.69) is 31.6 Å². The van der Waals surface area contributed by atoms with Crippen LogP contribution in [0.1, 0.15) is 16.1 Å². The molecule has 3 rings (SSSR count). The number of fused-ring (bicyclic) bond motifs is 1. The number of aryl methyl sites for hydroxylation is 1. The van der Waals surface area contributed by atoms with E-state index in [1.165, 1.54) is 0 Å². The van der Waals surface area contributed by atoms with Gasteiger partial charge in [0, 0.05) is 15.4 Å². The molecule has 0 aliphatic carbocycles. The Morgan fingerprint density at radius 2 is 2.30 bits per heavy atom. The van der Waals surface area contributed by atoms with Crippen molar-refractivity contribution >= 4 is 44.7 Å². The molecule has 0 unspecified atom stereocenters. The Morgan fingerprint density at radius 3 is 3.00 bits per heavy atom. The van der Waals surface area contributed by atoms with Crippen LogP contribution in [-0.4, -0.2) is 24.3 Å². The molecular formula is C13H10BrN3O3. The zero-order chi connectivity index (χ0) is 14.3. The predicted molar refractivity (Wildman–Crippen MR) is 76.6 cm³/mol. The summed E-state index contributed by atoms with van der Waals surface area (Å²) < 4.78 is 6.46. The monoisotopic (exact) mass is 335 g/mol. The molecule has 0 atom stereocenters. The lowest BCUT2D eigenvalue weighted by Crippen LogP contribution is -2.40. The maximum Gasteiger partial charge on any atom is 0.293 e. The van der Waals surface area contributed by atoms with Gasteiger partial charge in [0.25, 0.3) is 5.91 Å². The summed E-state index contributed by atoms with van der Waals surface area (Å²) in [5, 5.41) is 5.83. The van der Waals surface area contributed by atoms with Crippen LogP contribution in [0.5, 0.6) is 0 Å². The van der Waals surface area contributed by atoms with Crippen molar-refractivity contribution in [2.75, 3.05) is 6.54 Å². The van der Waals surface area contributed by atoms with Crippen molar-refractivity contribution < 1.29 is 14.0 Å². The highest BCUT2D eigenvalue weighted by molar-refractivity contribution is 9.10. The van der Waals surface area contributed by atoms with Crippen LogP contribution < -0.4 is 10.6 Å². The van der Waals surface area contributed by atoms with Crippen molar-refractivity contribution in [1.82, 2.24) is 10.6 Å². The van der Waals surface area contributed by atoms with E-state index in [4.69, 9.17) is 4.42 Å². The second-order valence-corrected chi connectivity index (χ2v) is 5.28. The van der Waals surface area contributed by atoms with Crippen LogP contribution in [0.15, 0.2) is 32.1 Å². The number of nitrogens with one attached hydrogen (secondary N) is 2. The molecule has 2 N–H and O–H groups in total. The number of halogens is 1. The van der Waals surface area contributed by atoms with Gasteiger partial charge in [0.05, 0.1) is 0 Å². The number of rotatable bonds is 1. The van der Waals surface area contributed by atoms with Gasteiger partial charge in [-0.25, -0.2) is 4.99 Å². The van der Waals surface area contributed by atoms with Crippen LogP contribution in [0.25, 0.3) is 11.0 Å². The molecule has 0 fully saturated rings. The van der Waals surface area contributed by atoms with E-state index in [0.29, 0.717) is 5.58 Å². The maximum atomic E-state index is 12.1. The smallest absolute Gasteiger partial charge is 0.293 e.